The Balaban J connectivity index is 1.44. The molecule has 0 unspecified atom stereocenters. The van der Waals surface area contributed by atoms with Gasteiger partial charge in [0.15, 0.2) is 11.2 Å². The highest BCUT2D eigenvalue weighted by atomic mass is 35.5. The van der Waals surface area contributed by atoms with Crippen LogP contribution < -0.4 is 5.56 Å². The number of rotatable bonds is 4. The minimum Gasteiger partial charge on any atom is -0.342 e. The highest BCUT2D eigenvalue weighted by Gasteiger charge is 2.33. The van der Waals surface area contributed by atoms with Gasteiger partial charge >= 0.3 is 0 Å². The first-order valence-corrected chi connectivity index (χ1v) is 10.8. The maximum atomic E-state index is 12.7. The summed E-state index contributed by atoms with van der Waals surface area (Å²) in [6, 6.07) is 7.50. The molecule has 5 rings (SSSR count). The van der Waals surface area contributed by atoms with E-state index in [-0.39, 0.29) is 28.8 Å². The number of halogens is 1. The van der Waals surface area contributed by atoms with Crippen LogP contribution in [-0.2, 0) is 11.3 Å². The summed E-state index contributed by atoms with van der Waals surface area (Å²) in [5.74, 6) is 1.03. The van der Waals surface area contributed by atoms with Gasteiger partial charge in [0.2, 0.25) is 5.91 Å². The van der Waals surface area contributed by atoms with Gasteiger partial charge in [-0.05, 0) is 37.3 Å². The number of carbonyl (C=O) groups excluding carboxylic acids is 1. The maximum absolute atomic E-state index is 12.7. The number of piperidine rings is 1. The van der Waals surface area contributed by atoms with Crippen LogP contribution in [0.25, 0.3) is 11.2 Å². The van der Waals surface area contributed by atoms with Crippen LogP contribution in [0.15, 0.2) is 29.1 Å². The Bertz CT molecular complexity index is 1150. The van der Waals surface area contributed by atoms with Crippen LogP contribution in [-0.4, -0.2) is 48.9 Å². The normalized spacial score (nSPS) is 19.8. The average Bonchev–Trinajstić information content (AvgIpc) is 3.12. The predicted molar refractivity (Wildman–Crippen MR) is 112 cm³/mol. The smallest absolute Gasteiger partial charge is 0.281 e. The molecular weight excluding hydrogens is 404 g/mol. The van der Waals surface area contributed by atoms with E-state index in [0.717, 1.165) is 44.2 Å². The van der Waals surface area contributed by atoms with Crippen molar-refractivity contribution in [2.75, 3.05) is 13.1 Å². The lowest BCUT2D eigenvalue weighted by atomic mass is 9.83. The van der Waals surface area contributed by atoms with Crippen LogP contribution in [0.3, 0.4) is 0 Å². The second kappa shape index (κ2) is 7.83. The molecule has 0 bridgehead atoms. The largest absolute Gasteiger partial charge is 0.342 e. The van der Waals surface area contributed by atoms with Gasteiger partial charge < -0.3 is 9.88 Å². The molecule has 1 N–H and O–H groups in total. The standard InChI is InChI=1S/C21H23ClN6O2/c22-16-9-2-1-5-14(16)12-28-19-17(25-26-28)20(29)24-18(23-19)15-8-4-10-27(11-15)21(30)13-6-3-7-13/h1-2,5,9,13,15H,3-4,6-8,10-12H2,(H,23,24,29)/t15-/m1/s1. The van der Waals surface area contributed by atoms with Crippen LogP contribution in [0.2, 0.25) is 5.02 Å². The molecule has 0 radical (unpaired) electrons. The Kier molecular flexibility index (Phi) is 5.02. The second-order valence-electron chi connectivity index (χ2n) is 8.21. The van der Waals surface area contributed by atoms with Gasteiger partial charge in [-0.25, -0.2) is 9.67 Å². The van der Waals surface area contributed by atoms with Crippen molar-refractivity contribution in [1.29, 1.82) is 0 Å². The van der Waals surface area contributed by atoms with Crippen LogP contribution in [0.5, 0.6) is 0 Å². The van der Waals surface area contributed by atoms with Gasteiger partial charge in [0, 0.05) is 29.9 Å². The number of H-pyrrole nitrogens is 1. The van der Waals surface area contributed by atoms with Gasteiger partial charge in [0.05, 0.1) is 6.54 Å². The predicted octanol–water partition coefficient (Wildman–Crippen LogP) is 2.72. The Labute approximate surface area is 178 Å². The van der Waals surface area contributed by atoms with Gasteiger partial charge in [0.1, 0.15) is 5.82 Å². The molecule has 3 heterocycles. The van der Waals surface area contributed by atoms with Crippen molar-refractivity contribution in [1.82, 2.24) is 29.9 Å². The minimum absolute atomic E-state index is 0.00328. The molecule has 156 valence electrons. The summed E-state index contributed by atoms with van der Waals surface area (Å²) in [5.41, 5.74) is 1.23. The number of fused-ring (bicyclic) bond motifs is 1. The fourth-order valence-corrected chi connectivity index (χ4v) is 4.48. The van der Waals surface area contributed by atoms with E-state index in [0.29, 0.717) is 29.6 Å². The molecule has 1 saturated carbocycles. The number of aromatic nitrogens is 5. The molecule has 2 aromatic heterocycles. The van der Waals surface area contributed by atoms with E-state index in [9.17, 15) is 9.59 Å². The SMILES string of the molecule is O=C(C1CCC1)N1CCC[C@@H](c2nc3c(nnn3Cc3ccccc3Cl)c(=O)[nH]2)C1. The van der Waals surface area contributed by atoms with Crippen molar-refractivity contribution < 1.29 is 4.79 Å². The van der Waals surface area contributed by atoms with E-state index in [4.69, 9.17) is 16.6 Å². The van der Waals surface area contributed by atoms with Crippen molar-refractivity contribution in [3.63, 3.8) is 0 Å². The molecule has 2 aliphatic rings. The number of carbonyl (C=O) groups is 1. The summed E-state index contributed by atoms with van der Waals surface area (Å²) in [7, 11) is 0. The molecule has 0 spiro atoms. The van der Waals surface area contributed by atoms with Gasteiger partial charge in [0.25, 0.3) is 5.56 Å². The number of hydrogen-bond donors (Lipinski definition) is 1. The molecule has 9 heteroatoms. The van der Waals surface area contributed by atoms with E-state index in [1.165, 1.54) is 0 Å². The molecule has 1 aromatic carbocycles. The van der Waals surface area contributed by atoms with Crippen molar-refractivity contribution >= 4 is 28.7 Å². The van der Waals surface area contributed by atoms with Crippen molar-refractivity contribution in [2.45, 2.75) is 44.6 Å². The molecule has 1 aliphatic carbocycles. The number of benzene rings is 1. The molecule has 1 amide bonds. The Morgan fingerprint density at radius 1 is 1.20 bits per heavy atom. The van der Waals surface area contributed by atoms with Crippen molar-refractivity contribution in [2.24, 2.45) is 5.92 Å². The number of nitrogens with one attached hydrogen (secondary N) is 1. The second-order valence-corrected chi connectivity index (χ2v) is 8.62. The van der Waals surface area contributed by atoms with Crippen LogP contribution in [0.4, 0.5) is 0 Å². The molecule has 3 aromatic rings. The van der Waals surface area contributed by atoms with E-state index < -0.39 is 0 Å². The fraction of sp³-hybridized carbons (Fsp3) is 0.476. The lowest BCUT2D eigenvalue weighted by Gasteiger charge is -2.36. The van der Waals surface area contributed by atoms with Gasteiger partial charge in [-0.1, -0.05) is 41.4 Å². The number of likely N-dealkylation sites (tertiary alicyclic amines) is 1. The minimum atomic E-state index is -0.303. The lowest BCUT2D eigenvalue weighted by Crippen LogP contribution is -2.44. The summed E-state index contributed by atoms with van der Waals surface area (Å²) in [6.07, 6.45) is 4.92. The lowest BCUT2D eigenvalue weighted by molar-refractivity contribution is -0.139. The average molecular weight is 427 g/mol. The zero-order chi connectivity index (χ0) is 20.7. The molecule has 30 heavy (non-hydrogen) atoms. The van der Waals surface area contributed by atoms with Crippen LogP contribution in [0.1, 0.15) is 49.4 Å². The third-order valence-electron chi connectivity index (χ3n) is 6.24. The summed E-state index contributed by atoms with van der Waals surface area (Å²) >= 11 is 6.28. The first-order valence-electron chi connectivity index (χ1n) is 10.5. The Morgan fingerprint density at radius 3 is 2.80 bits per heavy atom. The maximum Gasteiger partial charge on any atom is 0.281 e. The van der Waals surface area contributed by atoms with Gasteiger partial charge in [-0.2, -0.15) is 0 Å². The van der Waals surface area contributed by atoms with E-state index >= 15 is 0 Å². The number of aromatic amines is 1. The molecule has 1 aliphatic heterocycles. The number of amides is 1. The summed E-state index contributed by atoms with van der Waals surface area (Å²) in [4.78, 5) is 34.9. The van der Waals surface area contributed by atoms with E-state index in [2.05, 4.69) is 15.3 Å². The zero-order valence-electron chi connectivity index (χ0n) is 16.6. The van der Waals surface area contributed by atoms with Gasteiger partial charge in [-0.15, -0.1) is 5.10 Å². The van der Waals surface area contributed by atoms with E-state index in [1.54, 1.807) is 4.68 Å². The van der Waals surface area contributed by atoms with Crippen LogP contribution in [0, 0.1) is 5.92 Å². The molecule has 1 saturated heterocycles. The molecule has 2 fully saturated rings. The third-order valence-corrected chi connectivity index (χ3v) is 6.61. The summed E-state index contributed by atoms with van der Waals surface area (Å²) in [5, 5.41) is 8.77. The topological polar surface area (TPSA) is 96.8 Å². The monoisotopic (exact) mass is 426 g/mol. The Hall–Kier alpha value is -2.74. The fourth-order valence-electron chi connectivity index (χ4n) is 4.28. The number of hydrogen-bond acceptors (Lipinski definition) is 5. The van der Waals surface area contributed by atoms with E-state index in [1.807, 2.05) is 29.2 Å². The molecular formula is C21H23ClN6O2. The highest BCUT2D eigenvalue weighted by molar-refractivity contribution is 6.31. The first-order chi connectivity index (χ1) is 14.6. The Morgan fingerprint density at radius 2 is 2.03 bits per heavy atom. The van der Waals surface area contributed by atoms with Crippen LogP contribution >= 0.6 is 11.6 Å². The molecule has 1 atom stereocenters. The summed E-state index contributed by atoms with van der Waals surface area (Å²) < 4.78 is 1.61. The quantitative estimate of drug-likeness (QED) is 0.691. The van der Waals surface area contributed by atoms with Crippen molar-refractivity contribution in [3.8, 4) is 0 Å². The third kappa shape index (κ3) is 3.49. The zero-order valence-corrected chi connectivity index (χ0v) is 17.3. The summed E-state index contributed by atoms with van der Waals surface area (Å²) in [6.45, 7) is 1.75. The van der Waals surface area contributed by atoms with Crippen molar-refractivity contribution in [3.05, 3.63) is 51.0 Å². The highest BCUT2D eigenvalue weighted by Crippen LogP contribution is 2.31. The molecule has 8 nitrogen and oxygen atoms in total. The first kappa shape index (κ1) is 19.2. The van der Waals surface area contributed by atoms with Gasteiger partial charge in [-0.3, -0.25) is 9.59 Å². The number of nitrogens with zero attached hydrogens (tertiary/aromatic N) is 5.